The van der Waals surface area contributed by atoms with Crippen LogP contribution in [0.5, 0.6) is 0 Å². The lowest BCUT2D eigenvalue weighted by Gasteiger charge is -2.44. The number of rotatable bonds is 3. The number of nitrogens with zero attached hydrogens (tertiary/aromatic N) is 2. The van der Waals surface area contributed by atoms with Gasteiger partial charge < -0.3 is 9.88 Å². The highest BCUT2D eigenvalue weighted by atomic mass is 16.1. The maximum Gasteiger partial charge on any atom is 0.326 e. The van der Waals surface area contributed by atoms with Crippen molar-refractivity contribution in [2.24, 2.45) is 0 Å². The first-order valence-corrected chi connectivity index (χ1v) is 5.05. The van der Waals surface area contributed by atoms with Crippen LogP contribution in [0.15, 0.2) is 17.2 Å². The smallest absolute Gasteiger partial charge is 0.313 e. The monoisotopic (exact) mass is 195 g/mol. The van der Waals surface area contributed by atoms with Crippen molar-refractivity contribution in [3.63, 3.8) is 0 Å². The lowest BCUT2D eigenvalue weighted by Crippen LogP contribution is -2.51. The summed E-state index contributed by atoms with van der Waals surface area (Å²) in [5, 5.41) is 0. The normalized spacial score (nSPS) is 19.6. The van der Waals surface area contributed by atoms with E-state index in [4.69, 9.17) is 0 Å². The van der Waals surface area contributed by atoms with Gasteiger partial charge in [-0.1, -0.05) is 0 Å². The van der Waals surface area contributed by atoms with Crippen molar-refractivity contribution in [2.75, 3.05) is 20.6 Å². The molecule has 4 heteroatoms. The van der Waals surface area contributed by atoms with Gasteiger partial charge >= 0.3 is 5.69 Å². The molecular formula is C10H17N3O. The van der Waals surface area contributed by atoms with E-state index in [0.717, 1.165) is 19.4 Å². The van der Waals surface area contributed by atoms with Gasteiger partial charge in [-0.25, -0.2) is 4.79 Å². The molecule has 0 aliphatic heterocycles. The Hall–Kier alpha value is -1.03. The highest BCUT2D eigenvalue weighted by Gasteiger charge is 2.39. The Kier molecular flexibility index (Phi) is 2.23. The minimum atomic E-state index is 0.0200. The minimum Gasteiger partial charge on any atom is -0.313 e. The molecule has 1 aromatic rings. The Morgan fingerprint density at radius 3 is 2.64 bits per heavy atom. The van der Waals surface area contributed by atoms with Crippen LogP contribution in [-0.2, 0) is 5.54 Å². The molecule has 1 aliphatic carbocycles. The summed E-state index contributed by atoms with van der Waals surface area (Å²) in [5.41, 5.74) is 0.0761. The zero-order valence-corrected chi connectivity index (χ0v) is 8.79. The van der Waals surface area contributed by atoms with E-state index in [9.17, 15) is 4.79 Å². The second-order valence-corrected chi connectivity index (χ2v) is 4.45. The van der Waals surface area contributed by atoms with Gasteiger partial charge in [-0.3, -0.25) is 4.57 Å². The molecule has 1 heterocycles. The van der Waals surface area contributed by atoms with Gasteiger partial charge in [0.1, 0.15) is 0 Å². The number of imidazole rings is 1. The van der Waals surface area contributed by atoms with Gasteiger partial charge in [-0.2, -0.15) is 0 Å². The van der Waals surface area contributed by atoms with Gasteiger partial charge in [0.2, 0.25) is 0 Å². The summed E-state index contributed by atoms with van der Waals surface area (Å²) in [6.45, 7) is 0.949. The third kappa shape index (κ3) is 1.39. The molecule has 4 nitrogen and oxygen atoms in total. The van der Waals surface area contributed by atoms with E-state index in [1.54, 1.807) is 6.20 Å². The molecule has 2 rings (SSSR count). The predicted octanol–water partition coefficient (Wildman–Crippen LogP) is 0.617. The average molecular weight is 195 g/mol. The Morgan fingerprint density at radius 2 is 2.29 bits per heavy atom. The van der Waals surface area contributed by atoms with Crippen LogP contribution in [-0.4, -0.2) is 35.1 Å². The zero-order valence-electron chi connectivity index (χ0n) is 8.79. The molecular weight excluding hydrogens is 178 g/mol. The lowest BCUT2D eigenvalue weighted by molar-refractivity contribution is 0.0954. The summed E-state index contributed by atoms with van der Waals surface area (Å²) in [7, 11) is 4.11. The topological polar surface area (TPSA) is 41.0 Å². The van der Waals surface area contributed by atoms with Crippen LogP contribution in [0.4, 0.5) is 0 Å². The minimum absolute atomic E-state index is 0.0200. The third-order valence-electron chi connectivity index (χ3n) is 3.06. The summed E-state index contributed by atoms with van der Waals surface area (Å²) < 4.78 is 1.86. The molecule has 78 valence electrons. The number of hydrogen-bond donors (Lipinski definition) is 1. The highest BCUT2D eigenvalue weighted by molar-refractivity contribution is 4.99. The predicted molar refractivity (Wildman–Crippen MR) is 55.4 cm³/mol. The first-order chi connectivity index (χ1) is 6.64. The van der Waals surface area contributed by atoms with Crippen LogP contribution >= 0.6 is 0 Å². The van der Waals surface area contributed by atoms with Crippen molar-refractivity contribution >= 4 is 0 Å². The second-order valence-electron chi connectivity index (χ2n) is 4.45. The molecule has 14 heavy (non-hydrogen) atoms. The fraction of sp³-hybridized carbons (Fsp3) is 0.700. The van der Waals surface area contributed by atoms with Crippen molar-refractivity contribution in [3.8, 4) is 0 Å². The summed E-state index contributed by atoms with van der Waals surface area (Å²) in [6, 6.07) is 0. The van der Waals surface area contributed by atoms with E-state index < -0.39 is 0 Å². The van der Waals surface area contributed by atoms with E-state index in [-0.39, 0.29) is 11.2 Å². The summed E-state index contributed by atoms with van der Waals surface area (Å²) >= 11 is 0. The standard InChI is InChI=1S/C10H17N3O/c1-12(2)8-10(4-3-5-10)13-7-6-11-9(13)14/h6-7H,3-5,8H2,1-2H3,(H,11,14). The van der Waals surface area contributed by atoms with Crippen molar-refractivity contribution < 1.29 is 0 Å². The highest BCUT2D eigenvalue weighted by Crippen LogP contribution is 2.38. The molecule has 1 N–H and O–H groups in total. The van der Waals surface area contributed by atoms with Crippen molar-refractivity contribution in [2.45, 2.75) is 24.8 Å². The molecule has 0 bridgehead atoms. The maximum absolute atomic E-state index is 11.5. The van der Waals surface area contributed by atoms with E-state index >= 15 is 0 Å². The fourth-order valence-electron chi connectivity index (χ4n) is 2.34. The molecule has 1 aliphatic rings. The summed E-state index contributed by atoms with van der Waals surface area (Å²) in [4.78, 5) is 16.4. The Bertz CT molecular complexity index is 359. The molecule has 0 radical (unpaired) electrons. The fourth-order valence-corrected chi connectivity index (χ4v) is 2.34. The third-order valence-corrected chi connectivity index (χ3v) is 3.06. The number of H-pyrrole nitrogens is 1. The molecule has 0 spiro atoms. The van der Waals surface area contributed by atoms with Gasteiger partial charge in [0.05, 0.1) is 5.54 Å². The van der Waals surface area contributed by atoms with Crippen molar-refractivity contribution in [3.05, 3.63) is 22.9 Å². The molecule has 0 unspecified atom stereocenters. The molecule has 1 saturated carbocycles. The van der Waals surface area contributed by atoms with Gasteiger partial charge in [-0.15, -0.1) is 0 Å². The van der Waals surface area contributed by atoms with E-state index in [1.807, 2.05) is 10.8 Å². The number of likely N-dealkylation sites (N-methyl/N-ethyl adjacent to an activating group) is 1. The molecule has 0 amide bonds. The average Bonchev–Trinajstić information content (AvgIpc) is 2.44. The summed E-state index contributed by atoms with van der Waals surface area (Å²) in [5.74, 6) is 0. The van der Waals surface area contributed by atoms with Gasteiger partial charge in [-0.05, 0) is 33.4 Å². The molecule has 1 fully saturated rings. The Balaban J connectivity index is 2.29. The van der Waals surface area contributed by atoms with Gasteiger partial charge in [0.15, 0.2) is 0 Å². The lowest BCUT2D eigenvalue weighted by atomic mass is 9.76. The number of nitrogens with one attached hydrogen (secondary N) is 1. The van der Waals surface area contributed by atoms with Crippen LogP contribution < -0.4 is 5.69 Å². The van der Waals surface area contributed by atoms with E-state index in [0.29, 0.717) is 0 Å². The Labute approximate surface area is 83.5 Å². The van der Waals surface area contributed by atoms with Crippen LogP contribution in [0.2, 0.25) is 0 Å². The van der Waals surface area contributed by atoms with Crippen LogP contribution in [0.1, 0.15) is 19.3 Å². The number of aromatic amines is 1. The number of hydrogen-bond acceptors (Lipinski definition) is 2. The zero-order chi connectivity index (χ0) is 10.2. The van der Waals surface area contributed by atoms with Crippen molar-refractivity contribution in [1.82, 2.24) is 14.5 Å². The van der Waals surface area contributed by atoms with E-state index in [1.165, 1.54) is 6.42 Å². The number of aromatic nitrogens is 2. The molecule has 1 aromatic heterocycles. The summed E-state index contributed by atoms with van der Waals surface area (Å²) in [6.07, 6.45) is 7.04. The second kappa shape index (κ2) is 3.28. The molecule has 0 saturated heterocycles. The van der Waals surface area contributed by atoms with Crippen molar-refractivity contribution in [1.29, 1.82) is 0 Å². The van der Waals surface area contributed by atoms with Gasteiger partial charge in [0, 0.05) is 18.9 Å². The van der Waals surface area contributed by atoms with Crippen LogP contribution in [0.25, 0.3) is 0 Å². The van der Waals surface area contributed by atoms with Gasteiger partial charge in [0.25, 0.3) is 0 Å². The molecule has 0 atom stereocenters. The van der Waals surface area contributed by atoms with Crippen LogP contribution in [0, 0.1) is 0 Å². The first kappa shape index (κ1) is 9.52. The SMILES string of the molecule is CN(C)CC1(n2cc[nH]c2=O)CCC1. The Morgan fingerprint density at radius 1 is 1.57 bits per heavy atom. The van der Waals surface area contributed by atoms with E-state index in [2.05, 4.69) is 24.0 Å². The quantitative estimate of drug-likeness (QED) is 0.768. The van der Waals surface area contributed by atoms with Crippen LogP contribution in [0.3, 0.4) is 0 Å². The first-order valence-electron chi connectivity index (χ1n) is 5.05. The largest absolute Gasteiger partial charge is 0.326 e. The molecule has 0 aromatic carbocycles. The maximum atomic E-state index is 11.5.